The normalized spacial score (nSPS) is 11.2. The maximum atomic E-state index is 4.51. The summed E-state index contributed by atoms with van der Waals surface area (Å²) in [5.41, 5.74) is 3.64. The number of aromatic amines is 1. The highest BCUT2D eigenvalue weighted by Gasteiger charge is 2.02. The minimum Gasteiger partial charge on any atom is -0.342 e. The SMILES string of the molecule is CCNCCCc1ccc2nc(CC)[nH]c2c1. The van der Waals surface area contributed by atoms with Gasteiger partial charge in [-0.25, -0.2) is 4.98 Å². The molecule has 2 rings (SSSR count). The van der Waals surface area contributed by atoms with Crippen LogP contribution in [0.1, 0.15) is 31.7 Å². The van der Waals surface area contributed by atoms with Crippen LogP contribution in [0.3, 0.4) is 0 Å². The molecular weight excluding hydrogens is 210 g/mol. The molecule has 0 aliphatic carbocycles. The van der Waals surface area contributed by atoms with E-state index in [2.05, 4.69) is 47.3 Å². The van der Waals surface area contributed by atoms with Gasteiger partial charge in [-0.1, -0.05) is 19.9 Å². The van der Waals surface area contributed by atoms with Crippen molar-refractivity contribution in [2.24, 2.45) is 0 Å². The molecule has 0 saturated carbocycles. The minimum atomic E-state index is 0.963. The molecule has 0 spiro atoms. The summed E-state index contributed by atoms with van der Waals surface area (Å²) in [7, 11) is 0. The highest BCUT2D eigenvalue weighted by molar-refractivity contribution is 5.75. The Morgan fingerprint density at radius 2 is 2.18 bits per heavy atom. The summed E-state index contributed by atoms with van der Waals surface area (Å²) in [6.45, 7) is 6.41. The number of aryl methyl sites for hydroxylation is 2. The van der Waals surface area contributed by atoms with Crippen molar-refractivity contribution in [2.45, 2.75) is 33.1 Å². The topological polar surface area (TPSA) is 40.7 Å². The first-order chi connectivity index (χ1) is 8.33. The zero-order valence-corrected chi connectivity index (χ0v) is 10.7. The van der Waals surface area contributed by atoms with Gasteiger partial charge >= 0.3 is 0 Å². The summed E-state index contributed by atoms with van der Waals surface area (Å²) >= 11 is 0. The number of hydrogen-bond donors (Lipinski definition) is 2. The van der Waals surface area contributed by atoms with Gasteiger partial charge in [0.25, 0.3) is 0 Å². The van der Waals surface area contributed by atoms with E-state index >= 15 is 0 Å². The van der Waals surface area contributed by atoms with Crippen LogP contribution in [-0.4, -0.2) is 23.1 Å². The average Bonchev–Trinajstić information content (AvgIpc) is 2.77. The second-order valence-electron chi connectivity index (χ2n) is 4.35. The van der Waals surface area contributed by atoms with E-state index in [0.29, 0.717) is 0 Å². The Bertz CT molecular complexity index is 473. The van der Waals surface area contributed by atoms with E-state index in [-0.39, 0.29) is 0 Å². The lowest BCUT2D eigenvalue weighted by Gasteiger charge is -2.02. The van der Waals surface area contributed by atoms with E-state index in [1.165, 1.54) is 17.5 Å². The van der Waals surface area contributed by atoms with Crippen LogP contribution in [0.25, 0.3) is 11.0 Å². The molecule has 92 valence electrons. The molecule has 0 fully saturated rings. The van der Waals surface area contributed by atoms with Crippen LogP contribution in [0, 0.1) is 0 Å². The molecule has 0 bridgehead atoms. The van der Waals surface area contributed by atoms with Crippen molar-refractivity contribution < 1.29 is 0 Å². The molecular formula is C14H21N3. The predicted molar refractivity (Wildman–Crippen MR) is 72.3 cm³/mol. The molecule has 3 heteroatoms. The monoisotopic (exact) mass is 231 g/mol. The van der Waals surface area contributed by atoms with Crippen molar-refractivity contribution in [1.82, 2.24) is 15.3 Å². The summed E-state index contributed by atoms with van der Waals surface area (Å²) in [5.74, 6) is 1.07. The number of nitrogens with zero attached hydrogens (tertiary/aromatic N) is 1. The smallest absolute Gasteiger partial charge is 0.106 e. The van der Waals surface area contributed by atoms with Crippen LogP contribution >= 0.6 is 0 Å². The molecule has 3 nitrogen and oxygen atoms in total. The molecule has 17 heavy (non-hydrogen) atoms. The third-order valence-corrected chi connectivity index (χ3v) is 3.00. The zero-order chi connectivity index (χ0) is 12.1. The number of H-pyrrole nitrogens is 1. The largest absolute Gasteiger partial charge is 0.342 e. The van der Waals surface area contributed by atoms with Crippen LogP contribution in [0.15, 0.2) is 18.2 Å². The maximum Gasteiger partial charge on any atom is 0.106 e. The quantitative estimate of drug-likeness (QED) is 0.750. The molecule has 0 atom stereocenters. The Balaban J connectivity index is 2.03. The predicted octanol–water partition coefficient (Wildman–Crippen LogP) is 2.67. The fourth-order valence-electron chi connectivity index (χ4n) is 2.03. The maximum absolute atomic E-state index is 4.51. The number of aromatic nitrogens is 2. The van der Waals surface area contributed by atoms with E-state index in [1.54, 1.807) is 0 Å². The third kappa shape index (κ3) is 3.07. The third-order valence-electron chi connectivity index (χ3n) is 3.00. The van der Waals surface area contributed by atoms with Crippen molar-refractivity contribution in [3.8, 4) is 0 Å². The number of fused-ring (bicyclic) bond motifs is 1. The zero-order valence-electron chi connectivity index (χ0n) is 10.7. The van der Waals surface area contributed by atoms with Gasteiger partial charge in [-0.2, -0.15) is 0 Å². The van der Waals surface area contributed by atoms with E-state index in [9.17, 15) is 0 Å². The van der Waals surface area contributed by atoms with Crippen molar-refractivity contribution in [3.63, 3.8) is 0 Å². The van der Waals surface area contributed by atoms with Crippen LogP contribution < -0.4 is 5.32 Å². The lowest BCUT2D eigenvalue weighted by atomic mass is 10.1. The number of benzene rings is 1. The van der Waals surface area contributed by atoms with E-state index in [0.717, 1.165) is 37.3 Å². The molecule has 1 heterocycles. The summed E-state index contributed by atoms with van der Waals surface area (Å²) in [6, 6.07) is 6.54. The van der Waals surface area contributed by atoms with Crippen LogP contribution in [0.2, 0.25) is 0 Å². The lowest BCUT2D eigenvalue weighted by Crippen LogP contribution is -2.14. The average molecular weight is 231 g/mol. The fourth-order valence-corrected chi connectivity index (χ4v) is 2.03. The number of imidazole rings is 1. The molecule has 0 unspecified atom stereocenters. The molecule has 0 aliphatic rings. The van der Waals surface area contributed by atoms with Gasteiger partial charge in [0, 0.05) is 6.42 Å². The molecule has 0 radical (unpaired) electrons. The molecule has 1 aromatic carbocycles. The highest BCUT2D eigenvalue weighted by Crippen LogP contribution is 2.15. The van der Waals surface area contributed by atoms with Gasteiger partial charge in [0.15, 0.2) is 0 Å². The highest BCUT2D eigenvalue weighted by atomic mass is 14.9. The summed E-state index contributed by atoms with van der Waals surface area (Å²) < 4.78 is 0. The van der Waals surface area contributed by atoms with E-state index < -0.39 is 0 Å². The summed E-state index contributed by atoms with van der Waals surface area (Å²) in [5, 5.41) is 3.35. The Morgan fingerprint density at radius 3 is 2.94 bits per heavy atom. The van der Waals surface area contributed by atoms with Gasteiger partial charge in [0.2, 0.25) is 0 Å². The first-order valence-corrected chi connectivity index (χ1v) is 6.51. The number of hydrogen-bond acceptors (Lipinski definition) is 2. The van der Waals surface area contributed by atoms with Crippen molar-refractivity contribution in [3.05, 3.63) is 29.6 Å². The molecule has 0 amide bonds. The first kappa shape index (κ1) is 12.1. The Hall–Kier alpha value is -1.35. The molecule has 2 N–H and O–H groups in total. The number of nitrogens with one attached hydrogen (secondary N) is 2. The van der Waals surface area contributed by atoms with Gasteiger partial charge in [-0.15, -0.1) is 0 Å². The van der Waals surface area contributed by atoms with E-state index in [4.69, 9.17) is 0 Å². The standard InChI is InChI=1S/C14H21N3/c1-3-14-16-12-8-7-11(10-13(12)17-14)6-5-9-15-4-2/h7-8,10,15H,3-6,9H2,1-2H3,(H,16,17). The Kier molecular flexibility index (Phi) is 4.15. The van der Waals surface area contributed by atoms with Crippen LogP contribution in [0.4, 0.5) is 0 Å². The fraction of sp³-hybridized carbons (Fsp3) is 0.500. The molecule has 2 aromatic rings. The van der Waals surface area contributed by atoms with Crippen molar-refractivity contribution >= 4 is 11.0 Å². The van der Waals surface area contributed by atoms with Gasteiger partial charge < -0.3 is 10.3 Å². The number of rotatable bonds is 6. The van der Waals surface area contributed by atoms with Gasteiger partial charge in [0.1, 0.15) is 5.82 Å². The minimum absolute atomic E-state index is 0.963. The van der Waals surface area contributed by atoms with Crippen molar-refractivity contribution in [2.75, 3.05) is 13.1 Å². The Labute approximate surface area is 103 Å². The summed E-state index contributed by atoms with van der Waals surface area (Å²) in [4.78, 5) is 7.87. The van der Waals surface area contributed by atoms with Gasteiger partial charge in [-0.05, 0) is 43.6 Å². The van der Waals surface area contributed by atoms with Crippen molar-refractivity contribution in [1.29, 1.82) is 0 Å². The molecule has 0 aliphatic heterocycles. The Morgan fingerprint density at radius 1 is 1.29 bits per heavy atom. The first-order valence-electron chi connectivity index (χ1n) is 6.51. The van der Waals surface area contributed by atoms with Gasteiger partial charge in [-0.3, -0.25) is 0 Å². The lowest BCUT2D eigenvalue weighted by molar-refractivity contribution is 0.673. The second kappa shape index (κ2) is 5.82. The summed E-state index contributed by atoms with van der Waals surface area (Å²) in [6.07, 6.45) is 3.28. The van der Waals surface area contributed by atoms with Crippen LogP contribution in [-0.2, 0) is 12.8 Å². The van der Waals surface area contributed by atoms with Crippen LogP contribution in [0.5, 0.6) is 0 Å². The molecule has 1 aromatic heterocycles. The second-order valence-corrected chi connectivity index (χ2v) is 4.35. The van der Waals surface area contributed by atoms with E-state index in [1.807, 2.05) is 0 Å². The molecule has 0 saturated heterocycles. The van der Waals surface area contributed by atoms with Gasteiger partial charge in [0.05, 0.1) is 11.0 Å².